The van der Waals surface area contributed by atoms with E-state index in [9.17, 15) is 13.2 Å². The summed E-state index contributed by atoms with van der Waals surface area (Å²) in [6.45, 7) is 1.05. The number of nitrogens with zero attached hydrogens (tertiary/aromatic N) is 1. The van der Waals surface area contributed by atoms with Crippen LogP contribution in [-0.4, -0.2) is 45.0 Å². The average molecular weight is 420 g/mol. The van der Waals surface area contributed by atoms with Gasteiger partial charge in [-0.1, -0.05) is 29.3 Å². The van der Waals surface area contributed by atoms with Gasteiger partial charge in [0.05, 0.1) is 23.3 Å². The van der Waals surface area contributed by atoms with Crippen molar-refractivity contribution in [3.05, 3.63) is 51.7 Å². The zero-order chi connectivity index (χ0) is 18.7. The molecule has 140 valence electrons. The van der Waals surface area contributed by atoms with Gasteiger partial charge in [-0.05, 0) is 29.8 Å². The van der Waals surface area contributed by atoms with Crippen molar-refractivity contribution in [3.63, 3.8) is 0 Å². The molecule has 0 amide bonds. The van der Waals surface area contributed by atoms with Crippen molar-refractivity contribution < 1.29 is 27.1 Å². The molecular weight excluding hydrogens is 405 g/mol. The summed E-state index contributed by atoms with van der Waals surface area (Å²) in [5.74, 6) is -0.976. The molecule has 0 saturated carbocycles. The van der Waals surface area contributed by atoms with E-state index in [-0.39, 0.29) is 30.5 Å². The molecule has 3 rings (SSSR count). The zero-order valence-electron chi connectivity index (χ0n) is 13.5. The second-order valence-electron chi connectivity index (χ2n) is 5.46. The molecule has 1 aromatic carbocycles. The number of carbonyl (C=O) groups is 1. The van der Waals surface area contributed by atoms with Crippen molar-refractivity contribution >= 4 is 39.2 Å². The zero-order valence-corrected chi connectivity index (χ0v) is 15.8. The van der Waals surface area contributed by atoms with Crippen LogP contribution in [0, 0.1) is 0 Å². The van der Waals surface area contributed by atoms with E-state index in [2.05, 4.69) is 0 Å². The monoisotopic (exact) mass is 419 g/mol. The Morgan fingerprint density at radius 3 is 2.54 bits per heavy atom. The maximum atomic E-state index is 12.5. The van der Waals surface area contributed by atoms with Crippen LogP contribution >= 0.6 is 23.2 Å². The molecule has 0 N–H and O–H groups in total. The molecule has 2 heterocycles. The molecule has 1 aromatic heterocycles. The van der Waals surface area contributed by atoms with Crippen LogP contribution in [0.25, 0.3) is 0 Å². The normalized spacial score (nSPS) is 15.8. The Labute approximate surface area is 160 Å². The first kappa shape index (κ1) is 19.2. The number of carbonyl (C=O) groups excluding carboxylic acids is 1. The fourth-order valence-electron chi connectivity index (χ4n) is 2.33. The molecule has 0 spiro atoms. The topological polar surface area (TPSA) is 86.1 Å². The lowest BCUT2D eigenvalue weighted by molar-refractivity contribution is 0.0429. The van der Waals surface area contributed by atoms with Gasteiger partial charge in [-0.25, -0.2) is 13.2 Å². The summed E-state index contributed by atoms with van der Waals surface area (Å²) in [6.07, 6.45) is 0. The summed E-state index contributed by atoms with van der Waals surface area (Å²) in [6, 6.07) is 7.34. The molecule has 7 nitrogen and oxygen atoms in total. The quantitative estimate of drug-likeness (QED) is 0.692. The summed E-state index contributed by atoms with van der Waals surface area (Å²) in [5, 5.41) is 0.434. The standard InChI is InChI=1S/C16H15Cl2NO6S/c17-12-2-1-11(9-13(12)18)10-24-16(20)14-3-4-15(25-14)26(21,22)19-5-7-23-8-6-19/h1-4,9H,5-8,10H2. The Balaban J connectivity index is 1.66. The van der Waals surface area contributed by atoms with Crippen LogP contribution in [0.3, 0.4) is 0 Å². The fraction of sp³-hybridized carbons (Fsp3) is 0.312. The van der Waals surface area contributed by atoms with Crippen molar-refractivity contribution in [2.75, 3.05) is 26.3 Å². The molecular formula is C16H15Cl2NO6S. The van der Waals surface area contributed by atoms with Crippen LogP contribution in [0.2, 0.25) is 10.0 Å². The maximum Gasteiger partial charge on any atom is 0.374 e. The number of sulfonamides is 1. The molecule has 1 aliphatic heterocycles. The van der Waals surface area contributed by atoms with E-state index in [1.807, 2.05) is 0 Å². The Bertz CT molecular complexity index is 905. The minimum atomic E-state index is -3.81. The summed E-state index contributed by atoms with van der Waals surface area (Å²) in [4.78, 5) is 12.1. The van der Waals surface area contributed by atoms with E-state index in [0.29, 0.717) is 28.8 Å². The van der Waals surface area contributed by atoms with Crippen molar-refractivity contribution in [2.24, 2.45) is 0 Å². The second-order valence-corrected chi connectivity index (χ2v) is 8.14. The molecule has 26 heavy (non-hydrogen) atoms. The van der Waals surface area contributed by atoms with Gasteiger partial charge >= 0.3 is 5.97 Å². The van der Waals surface area contributed by atoms with Crippen molar-refractivity contribution in [1.82, 2.24) is 4.31 Å². The van der Waals surface area contributed by atoms with Gasteiger partial charge in [0, 0.05) is 13.1 Å². The van der Waals surface area contributed by atoms with Crippen LogP contribution in [0.5, 0.6) is 0 Å². The van der Waals surface area contributed by atoms with Gasteiger partial charge in [0.15, 0.2) is 0 Å². The summed E-state index contributed by atoms with van der Waals surface area (Å²) in [7, 11) is -3.81. The first-order valence-electron chi connectivity index (χ1n) is 7.67. The van der Waals surface area contributed by atoms with Gasteiger partial charge in [0.25, 0.3) is 10.0 Å². The molecule has 0 radical (unpaired) electrons. The third-order valence-corrected chi connectivity index (χ3v) is 6.21. The Morgan fingerprint density at radius 1 is 1.12 bits per heavy atom. The first-order chi connectivity index (χ1) is 12.4. The van der Waals surface area contributed by atoms with Gasteiger partial charge in [0.1, 0.15) is 6.61 Å². The van der Waals surface area contributed by atoms with E-state index in [0.717, 1.165) is 0 Å². The molecule has 1 saturated heterocycles. The van der Waals surface area contributed by atoms with E-state index in [1.165, 1.54) is 16.4 Å². The molecule has 0 atom stereocenters. The molecule has 0 aliphatic carbocycles. The lowest BCUT2D eigenvalue weighted by Crippen LogP contribution is -2.40. The van der Waals surface area contributed by atoms with Gasteiger partial charge in [-0.3, -0.25) is 0 Å². The van der Waals surface area contributed by atoms with Gasteiger partial charge in [0.2, 0.25) is 10.9 Å². The lowest BCUT2D eigenvalue weighted by Gasteiger charge is -2.24. The number of hydrogen-bond acceptors (Lipinski definition) is 6. The van der Waals surface area contributed by atoms with Crippen LogP contribution in [0.1, 0.15) is 16.1 Å². The van der Waals surface area contributed by atoms with E-state index < -0.39 is 16.0 Å². The molecule has 0 bridgehead atoms. The Hall–Kier alpha value is -1.58. The Kier molecular flexibility index (Phi) is 5.89. The number of hydrogen-bond donors (Lipinski definition) is 0. The smallest absolute Gasteiger partial charge is 0.374 e. The second kappa shape index (κ2) is 7.98. The van der Waals surface area contributed by atoms with Gasteiger partial charge in [-0.15, -0.1) is 0 Å². The molecule has 2 aromatic rings. The Morgan fingerprint density at radius 2 is 1.85 bits per heavy atom. The highest BCUT2D eigenvalue weighted by molar-refractivity contribution is 7.89. The number of rotatable bonds is 5. The molecule has 10 heteroatoms. The number of ether oxygens (including phenoxy) is 2. The number of esters is 1. The van der Waals surface area contributed by atoms with E-state index >= 15 is 0 Å². The summed E-state index contributed by atoms with van der Waals surface area (Å²) < 4.78 is 41.6. The summed E-state index contributed by atoms with van der Waals surface area (Å²) >= 11 is 11.7. The van der Waals surface area contributed by atoms with E-state index in [4.69, 9.17) is 37.1 Å². The highest BCUT2D eigenvalue weighted by atomic mass is 35.5. The van der Waals surface area contributed by atoms with Crippen LogP contribution in [0.15, 0.2) is 39.8 Å². The number of benzene rings is 1. The fourth-order valence-corrected chi connectivity index (χ4v) is 3.97. The summed E-state index contributed by atoms with van der Waals surface area (Å²) in [5.41, 5.74) is 0.639. The largest absolute Gasteiger partial charge is 0.455 e. The van der Waals surface area contributed by atoms with Crippen LogP contribution < -0.4 is 0 Å². The minimum absolute atomic E-state index is 0.0536. The highest BCUT2D eigenvalue weighted by Crippen LogP contribution is 2.24. The third-order valence-electron chi connectivity index (χ3n) is 3.70. The number of furan rings is 1. The average Bonchev–Trinajstić information content (AvgIpc) is 3.14. The predicted molar refractivity (Wildman–Crippen MR) is 93.9 cm³/mol. The van der Waals surface area contributed by atoms with E-state index in [1.54, 1.807) is 18.2 Å². The molecule has 1 fully saturated rings. The van der Waals surface area contributed by atoms with Gasteiger partial charge < -0.3 is 13.9 Å². The predicted octanol–water partition coefficient (Wildman–Crippen LogP) is 2.96. The maximum absolute atomic E-state index is 12.5. The lowest BCUT2D eigenvalue weighted by atomic mass is 10.2. The van der Waals surface area contributed by atoms with Gasteiger partial charge in [-0.2, -0.15) is 4.31 Å². The van der Waals surface area contributed by atoms with Crippen LogP contribution in [-0.2, 0) is 26.1 Å². The minimum Gasteiger partial charge on any atom is -0.455 e. The van der Waals surface area contributed by atoms with Crippen molar-refractivity contribution in [1.29, 1.82) is 0 Å². The highest BCUT2D eigenvalue weighted by Gasteiger charge is 2.30. The number of morpholine rings is 1. The van der Waals surface area contributed by atoms with Crippen LogP contribution in [0.4, 0.5) is 0 Å². The molecule has 1 aliphatic rings. The van der Waals surface area contributed by atoms with Crippen molar-refractivity contribution in [3.8, 4) is 0 Å². The molecule has 0 unspecified atom stereocenters. The van der Waals surface area contributed by atoms with Crippen molar-refractivity contribution in [2.45, 2.75) is 11.7 Å². The SMILES string of the molecule is O=C(OCc1ccc(Cl)c(Cl)c1)c1ccc(S(=O)(=O)N2CCOCC2)o1. The first-order valence-corrected chi connectivity index (χ1v) is 9.86. The third kappa shape index (κ3) is 4.21. The number of halogens is 2.